The van der Waals surface area contributed by atoms with Gasteiger partial charge in [0.15, 0.2) is 5.78 Å². The van der Waals surface area contributed by atoms with Gasteiger partial charge in [0.2, 0.25) is 0 Å². The molecule has 9 nitrogen and oxygen atoms in total. The molecular formula is C28H34FN5O4S. The van der Waals surface area contributed by atoms with E-state index in [9.17, 15) is 18.8 Å². The first kappa shape index (κ1) is 29.7. The largest absolute Gasteiger partial charge is 0.444 e. The number of carbonyl (C=O) groups is 3. The van der Waals surface area contributed by atoms with Crippen LogP contribution in [0.1, 0.15) is 42.4 Å². The van der Waals surface area contributed by atoms with Crippen LogP contribution in [0.2, 0.25) is 0 Å². The number of nitrogens with one attached hydrogen (secondary N) is 2. The molecule has 11 heteroatoms. The van der Waals surface area contributed by atoms with Gasteiger partial charge in [0.25, 0.3) is 0 Å². The minimum absolute atomic E-state index is 0.0655. The number of carbonyl (C=O) groups excluding carboxylic acids is 3. The summed E-state index contributed by atoms with van der Waals surface area (Å²) in [5.41, 5.74) is 2.10. The molecule has 0 bridgehead atoms. The van der Waals surface area contributed by atoms with Crippen LogP contribution < -0.4 is 10.6 Å². The summed E-state index contributed by atoms with van der Waals surface area (Å²) in [4.78, 5) is 45.9. The number of nitrogens with zero attached hydrogens (tertiary/aromatic N) is 3. The normalized spacial score (nSPS) is 11.3. The van der Waals surface area contributed by atoms with Gasteiger partial charge in [-0.15, -0.1) is 11.3 Å². The number of likely N-dealkylation sites (N-methyl/N-ethyl adjacent to an activating group) is 1. The van der Waals surface area contributed by atoms with Crippen molar-refractivity contribution in [2.75, 3.05) is 37.8 Å². The molecule has 2 aromatic heterocycles. The summed E-state index contributed by atoms with van der Waals surface area (Å²) < 4.78 is 18.5. The minimum Gasteiger partial charge on any atom is -0.444 e. The smallest absolute Gasteiger partial charge is 0.412 e. The number of ketones is 1. The number of hydrogen-bond donors (Lipinski definition) is 2. The number of pyridine rings is 1. The van der Waals surface area contributed by atoms with Crippen molar-refractivity contribution in [2.45, 2.75) is 39.3 Å². The predicted molar refractivity (Wildman–Crippen MR) is 151 cm³/mol. The Labute approximate surface area is 232 Å². The van der Waals surface area contributed by atoms with Crippen molar-refractivity contribution >= 4 is 40.6 Å². The molecule has 0 atom stereocenters. The number of urea groups is 1. The topological polar surface area (TPSA) is 104 Å². The molecule has 0 unspecified atom stereocenters. The molecule has 0 aliphatic carbocycles. The standard InChI is InChI=1S/C28H34FN5O4S/c1-28(2,3)38-27(37)32-24-18-39-17-20(24)14-25(35)23-11-6-19(15-30-23)16-34(13-12-33(4)5)26(36)31-22-9-7-21(29)8-10-22/h6-11,15,17-18H,12-14,16H2,1-5H3,(H,31,36)(H,32,37). The first-order valence-electron chi connectivity index (χ1n) is 12.4. The molecule has 39 heavy (non-hydrogen) atoms. The average Bonchev–Trinajstić information content (AvgIpc) is 3.28. The van der Waals surface area contributed by atoms with Crippen molar-refractivity contribution in [1.29, 1.82) is 0 Å². The summed E-state index contributed by atoms with van der Waals surface area (Å²) in [6.07, 6.45) is 1.06. The van der Waals surface area contributed by atoms with Crippen molar-refractivity contribution in [3.8, 4) is 0 Å². The first-order valence-corrected chi connectivity index (χ1v) is 13.3. The number of ether oxygens (including phenoxy) is 1. The number of aromatic nitrogens is 1. The summed E-state index contributed by atoms with van der Waals surface area (Å²) in [6.45, 7) is 6.70. The third-order valence-electron chi connectivity index (χ3n) is 5.41. The zero-order valence-electron chi connectivity index (χ0n) is 22.8. The zero-order valence-corrected chi connectivity index (χ0v) is 23.6. The maximum atomic E-state index is 13.2. The van der Waals surface area contributed by atoms with E-state index in [-0.39, 0.29) is 36.3 Å². The van der Waals surface area contributed by atoms with Crippen LogP contribution in [0.15, 0.2) is 53.4 Å². The lowest BCUT2D eigenvalue weighted by Crippen LogP contribution is -2.39. The highest BCUT2D eigenvalue weighted by Crippen LogP contribution is 2.23. The summed E-state index contributed by atoms with van der Waals surface area (Å²) in [5.74, 6) is -0.585. The molecule has 3 amide bonds. The maximum absolute atomic E-state index is 13.2. The minimum atomic E-state index is -0.634. The summed E-state index contributed by atoms with van der Waals surface area (Å²) >= 11 is 1.37. The molecule has 0 aliphatic heterocycles. The van der Waals surface area contributed by atoms with Gasteiger partial charge in [-0.3, -0.25) is 15.1 Å². The molecule has 0 fully saturated rings. The fourth-order valence-corrected chi connectivity index (χ4v) is 4.25. The molecule has 3 rings (SSSR count). The number of amides is 3. The Hall–Kier alpha value is -3.83. The van der Waals surface area contributed by atoms with Gasteiger partial charge in [-0.05, 0) is 81.7 Å². The van der Waals surface area contributed by atoms with Crippen molar-refractivity contribution in [3.63, 3.8) is 0 Å². The van der Waals surface area contributed by atoms with Gasteiger partial charge < -0.3 is 19.9 Å². The fraction of sp³-hybridized carbons (Fsp3) is 0.357. The Morgan fingerprint density at radius 2 is 1.72 bits per heavy atom. The quantitative estimate of drug-likeness (QED) is 0.313. The van der Waals surface area contributed by atoms with E-state index in [4.69, 9.17) is 4.74 Å². The third kappa shape index (κ3) is 9.77. The van der Waals surface area contributed by atoms with Crippen molar-refractivity contribution in [1.82, 2.24) is 14.8 Å². The summed E-state index contributed by atoms with van der Waals surface area (Å²) in [5, 5.41) is 9.04. The highest BCUT2D eigenvalue weighted by atomic mass is 32.1. The molecule has 208 valence electrons. The van der Waals surface area contributed by atoms with Crippen LogP contribution in [-0.2, 0) is 17.7 Å². The lowest BCUT2D eigenvalue weighted by Gasteiger charge is -2.25. The van der Waals surface area contributed by atoms with E-state index in [1.807, 2.05) is 19.0 Å². The number of Topliss-reactive ketones (excluding diaryl/α,β-unsaturated/α-hetero) is 1. The Balaban J connectivity index is 1.64. The van der Waals surface area contributed by atoms with E-state index in [0.717, 1.165) is 5.56 Å². The first-order chi connectivity index (χ1) is 18.4. The summed E-state index contributed by atoms with van der Waals surface area (Å²) in [6, 6.07) is 8.64. The second kappa shape index (κ2) is 13.3. The monoisotopic (exact) mass is 555 g/mol. The van der Waals surface area contributed by atoms with E-state index in [1.165, 1.54) is 35.6 Å². The molecule has 1 aromatic carbocycles. The van der Waals surface area contributed by atoms with E-state index < -0.39 is 11.7 Å². The van der Waals surface area contributed by atoms with Crippen LogP contribution >= 0.6 is 11.3 Å². The van der Waals surface area contributed by atoms with Gasteiger partial charge >= 0.3 is 12.1 Å². The van der Waals surface area contributed by atoms with Crippen molar-refractivity contribution < 1.29 is 23.5 Å². The van der Waals surface area contributed by atoms with E-state index in [1.54, 1.807) is 54.8 Å². The molecule has 0 saturated carbocycles. The highest BCUT2D eigenvalue weighted by molar-refractivity contribution is 7.08. The highest BCUT2D eigenvalue weighted by Gasteiger charge is 2.20. The van der Waals surface area contributed by atoms with Crippen molar-refractivity contribution in [2.24, 2.45) is 0 Å². The Kier molecular flexibility index (Phi) is 10.1. The predicted octanol–water partition coefficient (Wildman–Crippen LogP) is 5.65. The Morgan fingerprint density at radius 1 is 1.00 bits per heavy atom. The van der Waals surface area contributed by atoms with Crippen LogP contribution in [-0.4, -0.2) is 65.5 Å². The second-order valence-electron chi connectivity index (χ2n) is 10.3. The Morgan fingerprint density at radius 3 is 2.33 bits per heavy atom. The summed E-state index contributed by atoms with van der Waals surface area (Å²) in [7, 11) is 3.83. The van der Waals surface area contributed by atoms with Gasteiger partial charge in [0.1, 0.15) is 17.1 Å². The number of anilines is 2. The number of hydrogen-bond acceptors (Lipinski definition) is 7. The van der Waals surface area contributed by atoms with Gasteiger partial charge in [0.05, 0.1) is 5.69 Å². The molecule has 0 aliphatic rings. The van der Waals surface area contributed by atoms with E-state index in [0.29, 0.717) is 30.0 Å². The van der Waals surface area contributed by atoms with Crippen LogP contribution in [0, 0.1) is 5.82 Å². The number of halogens is 1. The Bertz CT molecular complexity index is 1270. The molecule has 2 N–H and O–H groups in total. The maximum Gasteiger partial charge on any atom is 0.412 e. The van der Waals surface area contributed by atoms with Gasteiger partial charge in [-0.25, -0.2) is 14.0 Å². The number of rotatable bonds is 10. The van der Waals surface area contributed by atoms with E-state index >= 15 is 0 Å². The zero-order chi connectivity index (χ0) is 28.6. The van der Waals surface area contributed by atoms with Gasteiger partial charge in [-0.2, -0.15) is 0 Å². The lowest BCUT2D eigenvalue weighted by atomic mass is 10.1. The van der Waals surface area contributed by atoms with Gasteiger partial charge in [0, 0.05) is 43.3 Å². The van der Waals surface area contributed by atoms with Crippen LogP contribution in [0.25, 0.3) is 0 Å². The van der Waals surface area contributed by atoms with Crippen LogP contribution in [0.5, 0.6) is 0 Å². The third-order valence-corrected chi connectivity index (χ3v) is 6.20. The molecule has 0 spiro atoms. The fourth-order valence-electron chi connectivity index (χ4n) is 3.46. The molecular weight excluding hydrogens is 521 g/mol. The van der Waals surface area contributed by atoms with Crippen LogP contribution in [0.3, 0.4) is 0 Å². The van der Waals surface area contributed by atoms with Crippen molar-refractivity contribution in [3.05, 3.63) is 76.0 Å². The average molecular weight is 556 g/mol. The van der Waals surface area contributed by atoms with Gasteiger partial charge in [-0.1, -0.05) is 6.07 Å². The lowest BCUT2D eigenvalue weighted by molar-refractivity contribution is 0.0635. The van der Waals surface area contributed by atoms with E-state index in [2.05, 4.69) is 15.6 Å². The SMILES string of the molecule is CN(C)CCN(Cc1ccc(C(=O)Cc2cscc2NC(=O)OC(C)(C)C)nc1)C(=O)Nc1ccc(F)cc1. The second-order valence-corrected chi connectivity index (χ2v) is 11.0. The molecule has 0 radical (unpaired) electrons. The number of thiophene rings is 1. The number of benzene rings is 1. The molecule has 3 aromatic rings. The van der Waals surface area contributed by atoms with Crippen LogP contribution in [0.4, 0.5) is 25.4 Å². The molecule has 2 heterocycles. The molecule has 0 saturated heterocycles.